The molecule has 0 amide bonds. The van der Waals surface area contributed by atoms with Crippen LogP contribution in [0, 0.1) is 12.8 Å². The number of anilines is 1. The summed E-state index contributed by atoms with van der Waals surface area (Å²) >= 11 is 0. The molecule has 1 aliphatic heterocycles. The highest BCUT2D eigenvalue weighted by atomic mass is 16.5. The molecule has 0 N–H and O–H groups in total. The molecule has 1 aromatic carbocycles. The predicted octanol–water partition coefficient (Wildman–Crippen LogP) is 2.49. The van der Waals surface area contributed by atoms with Crippen molar-refractivity contribution in [3.8, 4) is 11.4 Å². The fraction of sp³-hybridized carbons (Fsp3) is 0.368. The van der Waals surface area contributed by atoms with Gasteiger partial charge in [-0.05, 0) is 31.9 Å². The number of nitrogens with zero attached hydrogens (tertiary/aromatic N) is 5. The number of ether oxygens (including phenoxy) is 1. The molecule has 1 saturated heterocycles. The van der Waals surface area contributed by atoms with Crippen molar-refractivity contribution in [3.63, 3.8) is 0 Å². The summed E-state index contributed by atoms with van der Waals surface area (Å²) in [6, 6.07) is 12.1. The number of fused-ring (bicyclic) bond motifs is 1. The number of esters is 1. The van der Waals surface area contributed by atoms with Gasteiger partial charge in [0, 0.05) is 18.7 Å². The van der Waals surface area contributed by atoms with Crippen molar-refractivity contribution in [3.05, 3.63) is 42.0 Å². The van der Waals surface area contributed by atoms with Gasteiger partial charge in [0.15, 0.2) is 11.5 Å². The number of aromatic nitrogens is 4. The fourth-order valence-corrected chi connectivity index (χ4v) is 3.34. The monoisotopic (exact) mass is 351 g/mol. The number of carbonyl (C=O) groups is 1. The average Bonchev–Trinajstić information content (AvgIpc) is 3.11. The third-order valence-electron chi connectivity index (χ3n) is 4.91. The number of aryl methyl sites for hydroxylation is 1. The van der Waals surface area contributed by atoms with Crippen molar-refractivity contribution in [2.45, 2.75) is 19.8 Å². The van der Waals surface area contributed by atoms with Crippen molar-refractivity contribution in [2.24, 2.45) is 5.92 Å². The van der Waals surface area contributed by atoms with Crippen LogP contribution in [0.15, 0.2) is 36.4 Å². The van der Waals surface area contributed by atoms with Crippen LogP contribution in [0.1, 0.15) is 18.4 Å². The van der Waals surface area contributed by atoms with Crippen LogP contribution in [-0.2, 0) is 9.53 Å². The van der Waals surface area contributed by atoms with E-state index in [9.17, 15) is 4.79 Å². The minimum Gasteiger partial charge on any atom is -0.469 e. The van der Waals surface area contributed by atoms with E-state index < -0.39 is 0 Å². The molecule has 7 nitrogen and oxygen atoms in total. The minimum absolute atomic E-state index is 0.0157. The van der Waals surface area contributed by atoms with Crippen LogP contribution in [0.2, 0.25) is 0 Å². The van der Waals surface area contributed by atoms with Crippen molar-refractivity contribution in [2.75, 3.05) is 25.1 Å². The van der Waals surface area contributed by atoms with E-state index >= 15 is 0 Å². The van der Waals surface area contributed by atoms with Gasteiger partial charge in [-0.1, -0.05) is 29.8 Å². The zero-order valence-electron chi connectivity index (χ0n) is 14.9. The van der Waals surface area contributed by atoms with Crippen molar-refractivity contribution < 1.29 is 9.53 Å². The first kappa shape index (κ1) is 16.5. The molecule has 0 unspecified atom stereocenters. The molecule has 2 aromatic heterocycles. The standard InChI is InChI=1S/C19H21N5O2/c1-13-3-5-14(6-4-13)18-21-20-16-7-8-17(22-24(16)18)23-11-9-15(10-12-23)19(25)26-2/h3-8,15H,9-12H2,1-2H3. The Hall–Kier alpha value is -2.96. The first-order valence-electron chi connectivity index (χ1n) is 8.78. The second-order valence-electron chi connectivity index (χ2n) is 6.64. The smallest absolute Gasteiger partial charge is 0.308 e. The van der Waals surface area contributed by atoms with Gasteiger partial charge >= 0.3 is 5.97 Å². The van der Waals surface area contributed by atoms with Crippen LogP contribution in [0.25, 0.3) is 17.0 Å². The van der Waals surface area contributed by atoms with Gasteiger partial charge in [0.1, 0.15) is 5.82 Å². The number of methoxy groups -OCH3 is 1. The molecule has 26 heavy (non-hydrogen) atoms. The molecule has 0 aliphatic carbocycles. The summed E-state index contributed by atoms with van der Waals surface area (Å²) in [5, 5.41) is 13.3. The second kappa shape index (κ2) is 6.74. The maximum atomic E-state index is 11.7. The minimum atomic E-state index is -0.117. The SMILES string of the molecule is COC(=O)C1CCN(c2ccc3nnc(-c4ccc(C)cc4)n3n2)CC1. The van der Waals surface area contributed by atoms with Gasteiger partial charge in [0.05, 0.1) is 13.0 Å². The number of benzene rings is 1. The lowest BCUT2D eigenvalue weighted by molar-refractivity contribution is -0.146. The Morgan fingerprint density at radius 2 is 1.81 bits per heavy atom. The maximum absolute atomic E-state index is 11.7. The van der Waals surface area contributed by atoms with E-state index in [2.05, 4.69) is 34.2 Å². The average molecular weight is 351 g/mol. The first-order chi connectivity index (χ1) is 12.7. The van der Waals surface area contributed by atoms with Crippen molar-refractivity contribution in [1.29, 1.82) is 0 Å². The van der Waals surface area contributed by atoms with Crippen molar-refractivity contribution in [1.82, 2.24) is 19.8 Å². The molecule has 1 fully saturated rings. The molecule has 7 heteroatoms. The molecule has 3 heterocycles. The van der Waals surface area contributed by atoms with Gasteiger partial charge in [-0.2, -0.15) is 4.52 Å². The van der Waals surface area contributed by atoms with E-state index in [0.717, 1.165) is 43.1 Å². The molecule has 0 radical (unpaired) electrons. The Morgan fingerprint density at radius 3 is 2.50 bits per heavy atom. The molecule has 0 bridgehead atoms. The lowest BCUT2D eigenvalue weighted by Gasteiger charge is -2.31. The van der Waals surface area contributed by atoms with Gasteiger partial charge < -0.3 is 9.64 Å². The van der Waals surface area contributed by atoms with E-state index in [4.69, 9.17) is 9.84 Å². The Morgan fingerprint density at radius 1 is 1.08 bits per heavy atom. The number of carbonyl (C=O) groups excluding carboxylic acids is 1. The lowest BCUT2D eigenvalue weighted by Crippen LogP contribution is -2.37. The Labute approximate surface area is 151 Å². The van der Waals surface area contributed by atoms with Gasteiger partial charge in [0.25, 0.3) is 0 Å². The number of piperidine rings is 1. The second-order valence-corrected chi connectivity index (χ2v) is 6.64. The van der Waals surface area contributed by atoms with Crippen LogP contribution < -0.4 is 4.90 Å². The molecule has 0 spiro atoms. The molecule has 134 valence electrons. The van der Waals surface area contributed by atoms with Gasteiger partial charge in [-0.25, -0.2) is 0 Å². The van der Waals surface area contributed by atoms with Crippen LogP contribution in [0.3, 0.4) is 0 Å². The van der Waals surface area contributed by atoms with Gasteiger partial charge in [-0.3, -0.25) is 4.79 Å². The first-order valence-corrected chi connectivity index (χ1v) is 8.78. The third-order valence-corrected chi connectivity index (χ3v) is 4.91. The normalized spacial score (nSPS) is 15.4. The molecule has 0 atom stereocenters. The largest absolute Gasteiger partial charge is 0.469 e. The van der Waals surface area contributed by atoms with Gasteiger partial charge in [-0.15, -0.1) is 15.3 Å². The van der Waals surface area contributed by atoms with Crippen LogP contribution in [-0.4, -0.2) is 46.0 Å². The van der Waals surface area contributed by atoms with Crippen LogP contribution in [0.5, 0.6) is 0 Å². The van der Waals surface area contributed by atoms with E-state index in [1.54, 1.807) is 4.52 Å². The van der Waals surface area contributed by atoms with E-state index in [-0.39, 0.29) is 11.9 Å². The Bertz CT molecular complexity index is 927. The molecule has 1 aliphatic rings. The van der Waals surface area contributed by atoms with Gasteiger partial charge in [0.2, 0.25) is 0 Å². The zero-order valence-corrected chi connectivity index (χ0v) is 14.9. The summed E-state index contributed by atoms with van der Waals surface area (Å²) < 4.78 is 6.64. The molecule has 4 rings (SSSR count). The topological polar surface area (TPSA) is 72.6 Å². The van der Waals surface area contributed by atoms with E-state index in [0.29, 0.717) is 5.65 Å². The number of hydrogen-bond donors (Lipinski definition) is 0. The summed E-state index contributed by atoms with van der Waals surface area (Å²) in [6.45, 7) is 3.61. The number of rotatable bonds is 3. The summed E-state index contributed by atoms with van der Waals surface area (Å²) in [6.07, 6.45) is 1.55. The summed E-state index contributed by atoms with van der Waals surface area (Å²) in [5.41, 5.74) is 2.90. The fourth-order valence-electron chi connectivity index (χ4n) is 3.34. The van der Waals surface area contributed by atoms with E-state index in [1.165, 1.54) is 12.7 Å². The number of hydrogen-bond acceptors (Lipinski definition) is 6. The lowest BCUT2D eigenvalue weighted by atomic mass is 9.97. The quantitative estimate of drug-likeness (QED) is 0.675. The third kappa shape index (κ3) is 3.00. The predicted molar refractivity (Wildman–Crippen MR) is 97.9 cm³/mol. The molecule has 3 aromatic rings. The molecule has 0 saturated carbocycles. The molecular weight excluding hydrogens is 330 g/mol. The molecular formula is C19H21N5O2. The summed E-state index contributed by atoms with van der Waals surface area (Å²) in [4.78, 5) is 13.9. The van der Waals surface area contributed by atoms with Crippen LogP contribution in [0.4, 0.5) is 5.82 Å². The Balaban J connectivity index is 1.61. The maximum Gasteiger partial charge on any atom is 0.308 e. The highest BCUT2D eigenvalue weighted by Gasteiger charge is 2.26. The van der Waals surface area contributed by atoms with Crippen molar-refractivity contribution >= 4 is 17.4 Å². The zero-order chi connectivity index (χ0) is 18.1. The Kier molecular flexibility index (Phi) is 4.28. The van der Waals surface area contributed by atoms with Crippen LogP contribution >= 0.6 is 0 Å². The highest BCUT2D eigenvalue weighted by Crippen LogP contribution is 2.24. The highest BCUT2D eigenvalue weighted by molar-refractivity contribution is 5.72. The van der Waals surface area contributed by atoms with E-state index in [1.807, 2.05) is 24.3 Å². The summed E-state index contributed by atoms with van der Waals surface area (Å²) in [7, 11) is 1.45. The summed E-state index contributed by atoms with van der Waals surface area (Å²) in [5.74, 6) is 1.46.